The maximum atomic E-state index is 12.2. The molecule has 7 heterocycles. The monoisotopic (exact) mass is 1280 g/mol. The molecule has 0 aromatic carbocycles. The van der Waals surface area contributed by atoms with Crippen molar-refractivity contribution in [1.82, 2.24) is 76.9 Å². The average molecular weight is 1280 g/mol. The molecule has 0 spiro atoms. The summed E-state index contributed by atoms with van der Waals surface area (Å²) in [5.74, 6) is -1.60. The van der Waals surface area contributed by atoms with E-state index in [1.807, 2.05) is 13.8 Å². The van der Waals surface area contributed by atoms with Crippen LogP contribution in [0.2, 0.25) is 5.02 Å². The lowest BCUT2D eigenvalue weighted by atomic mass is 10.2. The molecule has 0 saturated heterocycles. The Labute approximate surface area is 468 Å². The molecule has 6 aromatic rings. The van der Waals surface area contributed by atoms with Crippen LogP contribution in [0.4, 0.5) is 53.1 Å². The van der Waals surface area contributed by atoms with Crippen molar-refractivity contribution in [2.75, 3.05) is 14.1 Å². The molecule has 0 aliphatic carbocycles. The number of amides is 2. The molecule has 0 radical (unpaired) electrons. The van der Waals surface area contributed by atoms with Crippen LogP contribution in [0.1, 0.15) is 46.7 Å². The van der Waals surface area contributed by atoms with E-state index in [4.69, 9.17) is 11.6 Å². The molecule has 1 aliphatic heterocycles. The molecule has 6 aromatic heterocycles. The summed E-state index contributed by atoms with van der Waals surface area (Å²) in [7, 11) is 14.7. The van der Waals surface area contributed by atoms with Gasteiger partial charge in [-0.15, -0.1) is 0 Å². The summed E-state index contributed by atoms with van der Waals surface area (Å²) in [6.45, 7) is 5.86. The fraction of sp³-hybridized carbons (Fsp3) is 0.488. The Hall–Kier alpha value is -8.06. The van der Waals surface area contributed by atoms with Crippen molar-refractivity contribution in [3.63, 3.8) is 0 Å². The van der Waals surface area contributed by atoms with Gasteiger partial charge in [-0.05, 0) is 56.1 Å². The molecule has 39 heteroatoms. The second-order valence-electron chi connectivity index (χ2n) is 16.7. The third kappa shape index (κ3) is 19.3. The molecule has 1 unspecified atom stereocenters. The molecule has 1 atom stereocenters. The van der Waals surface area contributed by atoms with Crippen LogP contribution in [0.15, 0.2) is 61.6 Å². The zero-order valence-electron chi connectivity index (χ0n) is 46.2. The SMILES string of the molecule is CC1C=NN(C)C(=O)N1C.Cc1cnn(C)c(=O)c1C.Cc1nn(C)c(C(F)(F)F)c1Br.Cc1nn(C)c(OC(F)F)c1Cl.Cn1c(C(F)(F)F)cc(=O)n(C)c1=O.Cn1c(C(F)(F)F)nc(=O)n(C)c1=O.Cn1ncc(=O)n(C)c1=O. The van der Waals surface area contributed by atoms with Gasteiger partial charge in [-0.2, -0.15) is 78.8 Å². The molecule has 7 rings (SSSR count). The fourth-order valence-corrected chi connectivity index (χ4v) is 6.49. The average Bonchev–Trinajstić information content (AvgIpc) is 3.78. The molecule has 82 heavy (non-hydrogen) atoms. The maximum Gasteiger partial charge on any atom is 0.450 e. The number of halogens is 13. The first-order valence-electron chi connectivity index (χ1n) is 22.3. The van der Waals surface area contributed by atoms with E-state index in [0.717, 1.165) is 59.4 Å². The van der Waals surface area contributed by atoms with E-state index in [2.05, 4.69) is 51.1 Å². The predicted molar refractivity (Wildman–Crippen MR) is 274 cm³/mol. The lowest BCUT2D eigenvalue weighted by Gasteiger charge is -2.29. The van der Waals surface area contributed by atoms with Crippen molar-refractivity contribution in [2.45, 2.75) is 65.8 Å². The van der Waals surface area contributed by atoms with E-state index in [0.29, 0.717) is 31.2 Å². The number of rotatable bonds is 2. The summed E-state index contributed by atoms with van der Waals surface area (Å²) in [6, 6.07) is 0.445. The second-order valence-corrected chi connectivity index (χ2v) is 17.9. The minimum absolute atomic E-state index is 0.0116. The van der Waals surface area contributed by atoms with Gasteiger partial charge in [-0.1, -0.05) is 11.6 Å². The zero-order valence-corrected chi connectivity index (χ0v) is 48.5. The van der Waals surface area contributed by atoms with Crippen molar-refractivity contribution in [1.29, 1.82) is 0 Å². The molecule has 1 aliphatic rings. The Morgan fingerprint density at radius 1 is 0.610 bits per heavy atom. The molecule has 0 bridgehead atoms. The third-order valence-electron chi connectivity index (χ3n) is 10.7. The highest BCUT2D eigenvalue weighted by Gasteiger charge is 2.38. The molecular weight excluding hydrogens is 1220 g/mol. The summed E-state index contributed by atoms with van der Waals surface area (Å²) in [5.41, 5.74) is -4.52. The Balaban J connectivity index is 0.000000480. The van der Waals surface area contributed by atoms with Crippen LogP contribution in [0.3, 0.4) is 0 Å². The van der Waals surface area contributed by atoms with Crippen LogP contribution in [0.25, 0.3) is 0 Å². The van der Waals surface area contributed by atoms with Crippen molar-refractivity contribution in [3.05, 3.63) is 141 Å². The molecule has 2 amide bonds. The van der Waals surface area contributed by atoms with Gasteiger partial charge in [0.2, 0.25) is 11.7 Å². The van der Waals surface area contributed by atoms with Gasteiger partial charge in [0.15, 0.2) is 5.69 Å². The first kappa shape index (κ1) is 72.0. The zero-order chi connectivity index (χ0) is 64.2. The molecular formula is C43H54BrClF11N17O9. The Kier molecular flexibility index (Phi) is 25.5. The van der Waals surface area contributed by atoms with Crippen LogP contribution in [0, 0.1) is 27.7 Å². The van der Waals surface area contributed by atoms with E-state index in [1.165, 1.54) is 49.5 Å². The van der Waals surface area contributed by atoms with Gasteiger partial charge in [0, 0.05) is 95.4 Å². The Morgan fingerprint density at radius 3 is 1.51 bits per heavy atom. The van der Waals surface area contributed by atoms with E-state index >= 15 is 0 Å². The van der Waals surface area contributed by atoms with Gasteiger partial charge in [0.25, 0.3) is 16.7 Å². The van der Waals surface area contributed by atoms with Crippen molar-refractivity contribution in [2.24, 2.45) is 68.5 Å². The number of hydrogen-bond acceptors (Lipinski definition) is 15. The van der Waals surface area contributed by atoms with Gasteiger partial charge in [0.05, 0.1) is 28.1 Å². The number of aryl methyl sites for hydroxylation is 7. The highest BCUT2D eigenvalue weighted by molar-refractivity contribution is 9.10. The van der Waals surface area contributed by atoms with Crippen LogP contribution in [0.5, 0.6) is 5.88 Å². The van der Waals surface area contributed by atoms with E-state index in [1.54, 1.807) is 52.3 Å². The Bertz CT molecular complexity index is 3600. The highest BCUT2D eigenvalue weighted by atomic mass is 79.9. The summed E-state index contributed by atoms with van der Waals surface area (Å²) < 4.78 is 145. The van der Waals surface area contributed by atoms with Crippen LogP contribution < -0.4 is 44.2 Å². The number of urea groups is 1. The number of nitrogens with zero attached hydrogens (tertiary/aromatic N) is 17. The van der Waals surface area contributed by atoms with Gasteiger partial charge < -0.3 is 9.64 Å². The topological polar surface area (TPSA) is 273 Å². The Morgan fingerprint density at radius 2 is 1.11 bits per heavy atom. The fourth-order valence-electron chi connectivity index (χ4n) is 5.73. The number of hydrogen-bond donors (Lipinski definition) is 0. The maximum absolute atomic E-state index is 12.2. The lowest BCUT2D eigenvalue weighted by Crippen LogP contribution is -2.46. The standard InChI is InChI=1S/C7H7F3N2O2.C7H10N2O.C6H6BrF3N2.C6H7ClF2N2O.C6H6F3N3O2.C6H11N3O.C5H7N3O2/c1-11-4(7(8,9)10)3-5(13)12(2)6(11)14;1-5-4-8-9(3)7(10)6(5)2;1-3-4(7)5(6(8,9)10)12(2)11-3;1-3-4(7)5(11(2)10-3)12-6(8)9;1-11-3(6(7,8)9)10-4(13)12(2)5(11)14;1-5-4-7-9(3)6(10)8(5)2;1-7-4(9)3-6-8(2)5(7)10/h3H,1-2H3;4H,1-3H3;1-2H3;6H,1-2H3;1-2H3;4-5H,1-3H3;3H,1-2H3. The molecule has 456 valence electrons. The first-order chi connectivity index (χ1) is 37.2. The molecule has 0 N–H and O–H groups in total. The summed E-state index contributed by atoms with van der Waals surface area (Å²) in [6.07, 6.45) is -9.32. The van der Waals surface area contributed by atoms with Crippen molar-refractivity contribution >= 4 is 39.8 Å². The number of hydrazone groups is 1. The summed E-state index contributed by atoms with van der Waals surface area (Å²) >= 11 is 8.45. The van der Waals surface area contributed by atoms with Gasteiger partial charge >= 0.3 is 53.9 Å². The van der Waals surface area contributed by atoms with Crippen LogP contribution >= 0.6 is 27.5 Å². The molecule has 26 nitrogen and oxygen atoms in total. The summed E-state index contributed by atoms with van der Waals surface area (Å²) in [5, 5.41) is 20.1. The smallest absolute Gasteiger partial charge is 0.416 e. The number of carbonyl (C=O) groups is 1. The quantitative estimate of drug-likeness (QED) is 0.225. The summed E-state index contributed by atoms with van der Waals surface area (Å²) in [4.78, 5) is 91.9. The highest BCUT2D eigenvalue weighted by Crippen LogP contribution is 2.36. The largest absolute Gasteiger partial charge is 0.450 e. The van der Waals surface area contributed by atoms with E-state index < -0.39 is 70.7 Å². The van der Waals surface area contributed by atoms with Crippen LogP contribution in [-0.4, -0.2) is 116 Å². The number of carbonyl (C=O) groups excluding carboxylic acids is 1. The third-order valence-corrected chi connectivity index (χ3v) is 12.1. The van der Waals surface area contributed by atoms with Gasteiger partial charge in [-0.25, -0.2) is 47.6 Å². The predicted octanol–water partition coefficient (Wildman–Crippen LogP) is 3.33. The van der Waals surface area contributed by atoms with E-state index in [-0.39, 0.29) is 43.1 Å². The van der Waals surface area contributed by atoms with Crippen molar-refractivity contribution in [3.8, 4) is 5.88 Å². The number of ether oxygens (including phenoxy) is 1. The van der Waals surface area contributed by atoms with Gasteiger partial charge in [0.1, 0.15) is 16.9 Å². The normalized spacial score (nSPS) is 13.0. The molecule has 0 fully saturated rings. The first-order valence-corrected chi connectivity index (χ1v) is 23.5. The van der Waals surface area contributed by atoms with Crippen molar-refractivity contribution < 1.29 is 57.8 Å². The second kappa shape index (κ2) is 29.1. The van der Waals surface area contributed by atoms with Gasteiger partial charge in [-0.3, -0.25) is 37.3 Å². The minimum atomic E-state index is -4.80. The van der Waals surface area contributed by atoms with E-state index in [9.17, 15) is 86.7 Å². The lowest BCUT2D eigenvalue weighted by molar-refractivity contribution is -0.148. The number of alkyl halides is 11. The minimum Gasteiger partial charge on any atom is -0.416 e. The van der Waals surface area contributed by atoms with Crippen LogP contribution in [-0.2, 0) is 82.0 Å². The molecule has 0 saturated carbocycles. The number of aromatic nitrogens is 14.